The highest BCUT2D eigenvalue weighted by atomic mass is 16.5. The summed E-state index contributed by atoms with van der Waals surface area (Å²) in [6.45, 7) is 1.85. The van der Waals surface area contributed by atoms with Crippen molar-refractivity contribution in [3.8, 4) is 0 Å². The molecule has 1 aromatic rings. The number of nitrogen functional groups attached to an aromatic ring is 1. The fourth-order valence-corrected chi connectivity index (χ4v) is 2.17. The molecule has 0 aromatic carbocycles. The smallest absolute Gasteiger partial charge is 0.251 e. The molecule has 2 heterocycles. The average molecular weight is 277 g/mol. The molecule has 1 aliphatic rings. The Hall–Kier alpha value is -2.08. The van der Waals surface area contributed by atoms with Gasteiger partial charge in [0.15, 0.2) is 0 Å². The zero-order valence-corrected chi connectivity index (χ0v) is 11.5. The molecular formula is C14H19N3O3. The van der Waals surface area contributed by atoms with Gasteiger partial charge in [0, 0.05) is 38.1 Å². The van der Waals surface area contributed by atoms with Gasteiger partial charge < -0.3 is 19.9 Å². The molecule has 0 saturated carbocycles. The van der Waals surface area contributed by atoms with Crippen molar-refractivity contribution in [1.29, 1.82) is 0 Å². The molecule has 1 amide bonds. The summed E-state index contributed by atoms with van der Waals surface area (Å²) in [6.07, 6.45) is 4.31. The monoisotopic (exact) mass is 277 g/mol. The standard InChI is InChI=1S/C14H19N3O3/c1-20-10-11-4-6-16(7-5-11)14(19)9-17-8-12(15)2-3-13(17)18/h2-4,8H,5-7,9-10,15H2,1H3. The van der Waals surface area contributed by atoms with E-state index in [1.165, 1.54) is 28.5 Å². The summed E-state index contributed by atoms with van der Waals surface area (Å²) in [7, 11) is 1.66. The highest BCUT2D eigenvalue weighted by Crippen LogP contribution is 2.11. The number of carbonyl (C=O) groups excluding carboxylic acids is 1. The summed E-state index contributed by atoms with van der Waals surface area (Å²) in [5, 5.41) is 0. The second kappa shape index (κ2) is 6.38. The largest absolute Gasteiger partial charge is 0.398 e. The van der Waals surface area contributed by atoms with Crippen molar-refractivity contribution in [1.82, 2.24) is 9.47 Å². The molecule has 0 saturated heterocycles. The number of amides is 1. The maximum absolute atomic E-state index is 12.2. The van der Waals surface area contributed by atoms with Crippen LogP contribution in [0.3, 0.4) is 0 Å². The molecule has 0 atom stereocenters. The highest BCUT2D eigenvalue weighted by molar-refractivity contribution is 5.76. The summed E-state index contributed by atoms with van der Waals surface area (Å²) >= 11 is 0. The van der Waals surface area contributed by atoms with Crippen molar-refractivity contribution in [3.05, 3.63) is 40.3 Å². The van der Waals surface area contributed by atoms with E-state index in [1.54, 1.807) is 12.0 Å². The van der Waals surface area contributed by atoms with Gasteiger partial charge in [-0.3, -0.25) is 9.59 Å². The zero-order valence-electron chi connectivity index (χ0n) is 11.5. The maximum Gasteiger partial charge on any atom is 0.251 e. The summed E-state index contributed by atoms with van der Waals surface area (Å²) in [5.41, 5.74) is 7.08. The van der Waals surface area contributed by atoms with Crippen LogP contribution in [0.15, 0.2) is 34.8 Å². The topological polar surface area (TPSA) is 77.6 Å². The number of anilines is 1. The predicted octanol–water partition coefficient (Wildman–Crippen LogP) is 0.236. The van der Waals surface area contributed by atoms with Crippen molar-refractivity contribution in [2.75, 3.05) is 32.5 Å². The number of ether oxygens (including phenoxy) is 1. The van der Waals surface area contributed by atoms with Crippen molar-refractivity contribution in [3.63, 3.8) is 0 Å². The number of nitrogens with two attached hydrogens (primary N) is 1. The third-order valence-corrected chi connectivity index (χ3v) is 3.30. The lowest BCUT2D eigenvalue weighted by molar-refractivity contribution is -0.131. The second-order valence-corrected chi connectivity index (χ2v) is 4.81. The molecule has 1 aromatic heterocycles. The van der Waals surface area contributed by atoms with Gasteiger partial charge in [0.05, 0.1) is 6.61 Å². The van der Waals surface area contributed by atoms with E-state index in [0.29, 0.717) is 25.4 Å². The maximum atomic E-state index is 12.2. The molecule has 0 spiro atoms. The number of hydrogen-bond acceptors (Lipinski definition) is 4. The summed E-state index contributed by atoms with van der Waals surface area (Å²) in [4.78, 5) is 25.5. The third-order valence-electron chi connectivity index (χ3n) is 3.30. The minimum atomic E-state index is -0.222. The molecule has 0 unspecified atom stereocenters. The molecule has 1 aliphatic heterocycles. The summed E-state index contributed by atoms with van der Waals surface area (Å²) in [5.74, 6) is -0.0783. The number of nitrogens with zero attached hydrogens (tertiary/aromatic N) is 2. The van der Waals surface area contributed by atoms with Crippen LogP contribution in [0.5, 0.6) is 0 Å². The van der Waals surface area contributed by atoms with E-state index in [9.17, 15) is 9.59 Å². The molecule has 0 fully saturated rings. The van der Waals surface area contributed by atoms with E-state index in [2.05, 4.69) is 0 Å². The number of carbonyl (C=O) groups is 1. The molecule has 0 aliphatic carbocycles. The second-order valence-electron chi connectivity index (χ2n) is 4.81. The van der Waals surface area contributed by atoms with Crippen molar-refractivity contribution < 1.29 is 9.53 Å². The lowest BCUT2D eigenvalue weighted by Gasteiger charge is -2.26. The Labute approximate surface area is 117 Å². The van der Waals surface area contributed by atoms with E-state index in [1.807, 2.05) is 6.08 Å². The number of aromatic nitrogens is 1. The van der Waals surface area contributed by atoms with Gasteiger partial charge in [-0.15, -0.1) is 0 Å². The van der Waals surface area contributed by atoms with Gasteiger partial charge in [0.25, 0.3) is 5.56 Å². The summed E-state index contributed by atoms with van der Waals surface area (Å²) < 4.78 is 6.41. The van der Waals surface area contributed by atoms with Crippen LogP contribution in [-0.4, -0.2) is 42.2 Å². The fourth-order valence-electron chi connectivity index (χ4n) is 2.17. The number of hydrogen-bond donors (Lipinski definition) is 1. The van der Waals surface area contributed by atoms with E-state index >= 15 is 0 Å². The molecular weight excluding hydrogens is 258 g/mol. The lowest BCUT2D eigenvalue weighted by Crippen LogP contribution is -2.39. The quantitative estimate of drug-likeness (QED) is 0.800. The van der Waals surface area contributed by atoms with Crippen LogP contribution in [0.1, 0.15) is 6.42 Å². The minimum Gasteiger partial charge on any atom is -0.398 e. The van der Waals surface area contributed by atoms with Crippen LogP contribution in [-0.2, 0) is 16.1 Å². The van der Waals surface area contributed by atoms with Gasteiger partial charge >= 0.3 is 0 Å². The van der Waals surface area contributed by atoms with Crippen LogP contribution in [0.25, 0.3) is 0 Å². The SMILES string of the molecule is COCC1=CCN(C(=O)Cn2cc(N)ccc2=O)CC1. The Bertz CT molecular complexity index is 577. The van der Waals surface area contributed by atoms with Crippen LogP contribution in [0.4, 0.5) is 5.69 Å². The zero-order chi connectivity index (χ0) is 14.5. The van der Waals surface area contributed by atoms with E-state index in [-0.39, 0.29) is 18.0 Å². The van der Waals surface area contributed by atoms with Crippen LogP contribution >= 0.6 is 0 Å². The van der Waals surface area contributed by atoms with Crippen LogP contribution in [0.2, 0.25) is 0 Å². The first-order chi connectivity index (χ1) is 9.60. The Morgan fingerprint density at radius 1 is 1.45 bits per heavy atom. The molecule has 20 heavy (non-hydrogen) atoms. The van der Waals surface area contributed by atoms with Gasteiger partial charge in [-0.25, -0.2) is 0 Å². The van der Waals surface area contributed by atoms with Gasteiger partial charge in [-0.05, 0) is 18.1 Å². The fraction of sp³-hybridized carbons (Fsp3) is 0.429. The molecule has 2 rings (SSSR count). The average Bonchev–Trinajstić information content (AvgIpc) is 2.44. The van der Waals surface area contributed by atoms with E-state index in [0.717, 1.165) is 6.42 Å². The Kier molecular flexibility index (Phi) is 4.57. The lowest BCUT2D eigenvalue weighted by atomic mass is 10.1. The Balaban J connectivity index is 1.99. The predicted molar refractivity (Wildman–Crippen MR) is 76.3 cm³/mol. The highest BCUT2D eigenvalue weighted by Gasteiger charge is 2.17. The number of methoxy groups -OCH3 is 1. The molecule has 6 nitrogen and oxygen atoms in total. The molecule has 108 valence electrons. The minimum absolute atomic E-state index is 0.0251. The van der Waals surface area contributed by atoms with Crippen molar-refractivity contribution in [2.24, 2.45) is 0 Å². The van der Waals surface area contributed by atoms with Gasteiger partial charge in [-0.2, -0.15) is 0 Å². The molecule has 0 bridgehead atoms. The Morgan fingerprint density at radius 2 is 2.25 bits per heavy atom. The first kappa shape index (κ1) is 14.3. The Morgan fingerprint density at radius 3 is 2.90 bits per heavy atom. The number of rotatable bonds is 4. The van der Waals surface area contributed by atoms with Gasteiger partial charge in [0.2, 0.25) is 5.91 Å². The molecule has 0 radical (unpaired) electrons. The molecule has 6 heteroatoms. The van der Waals surface area contributed by atoms with E-state index < -0.39 is 0 Å². The summed E-state index contributed by atoms with van der Waals surface area (Å²) in [6, 6.07) is 2.90. The number of pyridine rings is 1. The van der Waals surface area contributed by atoms with Crippen molar-refractivity contribution >= 4 is 11.6 Å². The van der Waals surface area contributed by atoms with Crippen molar-refractivity contribution in [2.45, 2.75) is 13.0 Å². The normalized spacial score (nSPS) is 15.1. The first-order valence-electron chi connectivity index (χ1n) is 6.50. The van der Waals surface area contributed by atoms with Crippen LogP contribution in [0, 0.1) is 0 Å². The van der Waals surface area contributed by atoms with Gasteiger partial charge in [-0.1, -0.05) is 6.08 Å². The van der Waals surface area contributed by atoms with Gasteiger partial charge in [0.1, 0.15) is 6.54 Å². The first-order valence-corrected chi connectivity index (χ1v) is 6.50. The van der Waals surface area contributed by atoms with Crippen LogP contribution < -0.4 is 11.3 Å². The third kappa shape index (κ3) is 3.48. The molecule has 2 N–H and O–H groups in total. The van der Waals surface area contributed by atoms with E-state index in [4.69, 9.17) is 10.5 Å².